The summed E-state index contributed by atoms with van der Waals surface area (Å²) in [4.78, 5) is 2.43. The molecule has 1 aliphatic heterocycles. The molecule has 2 heterocycles. The van der Waals surface area contributed by atoms with Crippen LogP contribution in [0.3, 0.4) is 0 Å². The predicted molar refractivity (Wildman–Crippen MR) is 119 cm³/mol. The monoisotopic (exact) mass is 388 g/mol. The lowest BCUT2D eigenvalue weighted by Gasteiger charge is -2.52. The second-order valence-electron chi connectivity index (χ2n) is 9.32. The molecular weight excluding hydrogens is 356 g/mol. The first-order valence-electron chi connectivity index (χ1n) is 10.9. The first-order valence-corrected chi connectivity index (χ1v) is 10.9. The SMILES string of the molecule is CC1Cc2c(n(C)c3ccccc23)C2(CCC(c3ccccc3)(N(C)C)CC2)O1. The van der Waals surface area contributed by atoms with Crippen LogP contribution in [0.1, 0.15) is 49.4 Å². The minimum atomic E-state index is -0.172. The molecule has 1 atom stereocenters. The second-order valence-corrected chi connectivity index (χ2v) is 9.32. The van der Waals surface area contributed by atoms with Gasteiger partial charge in [0.05, 0.1) is 11.8 Å². The highest BCUT2D eigenvalue weighted by Gasteiger charge is 2.50. The van der Waals surface area contributed by atoms with Crippen molar-refractivity contribution in [2.45, 2.75) is 56.3 Å². The number of aromatic nitrogens is 1. The van der Waals surface area contributed by atoms with Crippen LogP contribution >= 0.6 is 0 Å². The Morgan fingerprint density at radius 2 is 1.59 bits per heavy atom. The van der Waals surface area contributed by atoms with Crippen molar-refractivity contribution in [2.75, 3.05) is 14.1 Å². The van der Waals surface area contributed by atoms with Gasteiger partial charge in [-0.15, -0.1) is 0 Å². The van der Waals surface area contributed by atoms with E-state index in [4.69, 9.17) is 4.74 Å². The number of benzene rings is 2. The minimum absolute atomic E-state index is 0.0846. The van der Waals surface area contributed by atoms with Gasteiger partial charge in [-0.05, 0) is 63.9 Å². The molecule has 2 aromatic carbocycles. The van der Waals surface area contributed by atoms with E-state index in [0.717, 1.165) is 32.1 Å². The lowest BCUT2D eigenvalue weighted by Crippen LogP contribution is -2.51. The van der Waals surface area contributed by atoms with Gasteiger partial charge in [-0.25, -0.2) is 0 Å². The Morgan fingerprint density at radius 1 is 0.931 bits per heavy atom. The van der Waals surface area contributed by atoms with Crippen LogP contribution in [0.25, 0.3) is 10.9 Å². The van der Waals surface area contributed by atoms with Gasteiger partial charge in [0.1, 0.15) is 5.60 Å². The van der Waals surface area contributed by atoms with E-state index in [9.17, 15) is 0 Å². The van der Waals surface area contributed by atoms with Crippen LogP contribution in [-0.4, -0.2) is 29.7 Å². The van der Waals surface area contributed by atoms with E-state index >= 15 is 0 Å². The van der Waals surface area contributed by atoms with Crippen molar-refractivity contribution in [3.05, 3.63) is 71.4 Å². The van der Waals surface area contributed by atoms with E-state index < -0.39 is 0 Å². The maximum absolute atomic E-state index is 6.82. The molecule has 5 rings (SSSR count). The predicted octanol–water partition coefficient (Wildman–Crippen LogP) is 5.37. The first kappa shape index (κ1) is 18.9. The number of nitrogens with zero attached hydrogens (tertiary/aromatic N) is 2. The Bertz CT molecular complexity index is 1030. The van der Waals surface area contributed by atoms with Crippen LogP contribution in [0, 0.1) is 0 Å². The molecule has 0 radical (unpaired) electrons. The largest absolute Gasteiger partial charge is 0.365 e. The Balaban J connectivity index is 1.59. The smallest absolute Gasteiger partial charge is 0.109 e. The lowest BCUT2D eigenvalue weighted by atomic mass is 9.67. The van der Waals surface area contributed by atoms with E-state index in [2.05, 4.69) is 92.1 Å². The molecule has 0 amide bonds. The van der Waals surface area contributed by atoms with E-state index in [1.54, 1.807) is 0 Å². The quantitative estimate of drug-likeness (QED) is 0.587. The fourth-order valence-electron chi connectivity index (χ4n) is 6.19. The number of para-hydroxylation sites is 1. The second kappa shape index (κ2) is 6.72. The summed E-state index contributed by atoms with van der Waals surface area (Å²) in [5.74, 6) is 0. The van der Waals surface area contributed by atoms with Crippen LogP contribution in [0.15, 0.2) is 54.6 Å². The molecule has 1 unspecified atom stereocenters. The van der Waals surface area contributed by atoms with Crippen LogP contribution < -0.4 is 0 Å². The molecular formula is C26H32N2O. The van der Waals surface area contributed by atoms with E-state index in [1.807, 2.05) is 0 Å². The van der Waals surface area contributed by atoms with Gasteiger partial charge in [0, 0.05) is 29.9 Å². The van der Waals surface area contributed by atoms with Gasteiger partial charge in [0.2, 0.25) is 0 Å². The van der Waals surface area contributed by atoms with Crippen LogP contribution in [0.2, 0.25) is 0 Å². The average Bonchev–Trinajstić information content (AvgIpc) is 3.02. The maximum atomic E-state index is 6.82. The number of fused-ring (bicyclic) bond motifs is 4. The third-order valence-corrected chi connectivity index (χ3v) is 7.61. The molecule has 29 heavy (non-hydrogen) atoms. The first-order chi connectivity index (χ1) is 14.0. The number of hydrogen-bond acceptors (Lipinski definition) is 2. The molecule has 3 heteroatoms. The Labute approximate surface area is 174 Å². The van der Waals surface area contributed by atoms with Gasteiger partial charge in [-0.1, -0.05) is 48.5 Å². The van der Waals surface area contributed by atoms with Crippen molar-refractivity contribution >= 4 is 10.9 Å². The van der Waals surface area contributed by atoms with E-state index in [-0.39, 0.29) is 17.2 Å². The summed E-state index contributed by atoms with van der Waals surface area (Å²) in [5.41, 5.74) is 5.62. The molecule has 1 fully saturated rings. The number of hydrogen-bond donors (Lipinski definition) is 0. The molecule has 3 aromatic rings. The van der Waals surface area contributed by atoms with Crippen LogP contribution in [0.4, 0.5) is 0 Å². The third-order valence-electron chi connectivity index (χ3n) is 7.61. The molecule has 2 aliphatic rings. The summed E-state index contributed by atoms with van der Waals surface area (Å²) in [6, 6.07) is 19.9. The molecule has 1 aromatic heterocycles. The van der Waals surface area contributed by atoms with Crippen molar-refractivity contribution < 1.29 is 4.74 Å². The zero-order valence-corrected chi connectivity index (χ0v) is 18.1. The number of aryl methyl sites for hydroxylation is 1. The highest BCUT2D eigenvalue weighted by molar-refractivity contribution is 5.86. The summed E-state index contributed by atoms with van der Waals surface area (Å²) < 4.78 is 9.24. The average molecular weight is 389 g/mol. The van der Waals surface area contributed by atoms with Crippen molar-refractivity contribution in [1.29, 1.82) is 0 Å². The topological polar surface area (TPSA) is 17.4 Å². The van der Waals surface area contributed by atoms with Gasteiger partial charge in [0.25, 0.3) is 0 Å². The molecule has 1 spiro atoms. The van der Waals surface area contributed by atoms with Gasteiger partial charge < -0.3 is 9.30 Å². The normalized spacial score (nSPS) is 29.5. The van der Waals surface area contributed by atoms with Crippen LogP contribution in [0.5, 0.6) is 0 Å². The van der Waals surface area contributed by atoms with Gasteiger partial charge in [0.15, 0.2) is 0 Å². The number of rotatable bonds is 2. The molecule has 0 saturated heterocycles. The van der Waals surface area contributed by atoms with Crippen molar-refractivity contribution in [1.82, 2.24) is 9.47 Å². The van der Waals surface area contributed by atoms with Crippen molar-refractivity contribution in [3.8, 4) is 0 Å². The van der Waals surface area contributed by atoms with Crippen molar-refractivity contribution in [2.24, 2.45) is 7.05 Å². The van der Waals surface area contributed by atoms with Gasteiger partial charge in [-0.3, -0.25) is 4.90 Å². The maximum Gasteiger partial charge on any atom is 0.109 e. The Hall–Kier alpha value is -2.10. The summed E-state index contributed by atoms with van der Waals surface area (Å²) in [7, 11) is 6.70. The van der Waals surface area contributed by atoms with Crippen molar-refractivity contribution in [3.63, 3.8) is 0 Å². The summed E-state index contributed by atoms with van der Waals surface area (Å²) in [6.45, 7) is 2.25. The Morgan fingerprint density at radius 3 is 2.28 bits per heavy atom. The molecule has 152 valence electrons. The van der Waals surface area contributed by atoms with E-state index in [0.29, 0.717) is 0 Å². The fourth-order valence-corrected chi connectivity index (χ4v) is 6.19. The number of ether oxygens (including phenoxy) is 1. The molecule has 1 aliphatic carbocycles. The molecule has 3 nitrogen and oxygen atoms in total. The lowest BCUT2D eigenvalue weighted by molar-refractivity contribution is -0.146. The van der Waals surface area contributed by atoms with Gasteiger partial charge in [-0.2, -0.15) is 0 Å². The summed E-state index contributed by atoms with van der Waals surface area (Å²) in [5, 5.41) is 1.41. The van der Waals surface area contributed by atoms with E-state index in [1.165, 1.54) is 27.7 Å². The minimum Gasteiger partial charge on any atom is -0.365 e. The summed E-state index contributed by atoms with van der Waals surface area (Å²) in [6.07, 6.45) is 5.60. The Kier molecular flexibility index (Phi) is 4.38. The molecule has 0 bridgehead atoms. The van der Waals surface area contributed by atoms with Gasteiger partial charge >= 0.3 is 0 Å². The summed E-state index contributed by atoms with van der Waals surface area (Å²) >= 11 is 0. The fraction of sp³-hybridized carbons (Fsp3) is 0.462. The standard InChI is InChI=1S/C26H32N2O/c1-19-18-22-21-12-8-9-13-23(21)28(4)24(22)26(29-19)16-14-25(15-17-26,27(2)3)20-10-6-5-7-11-20/h5-13,19H,14-18H2,1-4H3. The molecule has 0 N–H and O–H groups in total. The highest BCUT2D eigenvalue weighted by atomic mass is 16.5. The highest BCUT2D eigenvalue weighted by Crippen LogP contribution is 2.53. The zero-order chi connectivity index (χ0) is 20.2. The van der Waals surface area contributed by atoms with Crippen LogP contribution in [-0.2, 0) is 29.3 Å². The zero-order valence-electron chi connectivity index (χ0n) is 18.1. The molecule has 1 saturated carbocycles. The third kappa shape index (κ3) is 2.71.